The molecule has 0 radical (unpaired) electrons. The van der Waals surface area contributed by atoms with Crippen molar-refractivity contribution < 1.29 is 19.1 Å². The fraction of sp³-hybridized carbons (Fsp3) is 0.278. The highest BCUT2D eigenvalue weighted by Crippen LogP contribution is 2.25. The molecule has 1 aromatic carbocycles. The molecule has 5 nitrogen and oxygen atoms in total. The van der Waals surface area contributed by atoms with Crippen LogP contribution >= 0.6 is 34.5 Å². The van der Waals surface area contributed by atoms with E-state index in [1.54, 1.807) is 12.1 Å². The van der Waals surface area contributed by atoms with Gasteiger partial charge in [-0.25, -0.2) is 0 Å². The molecule has 138 valence electrons. The van der Waals surface area contributed by atoms with Crippen LogP contribution in [-0.4, -0.2) is 24.3 Å². The zero-order valence-electron chi connectivity index (χ0n) is 14.2. The van der Waals surface area contributed by atoms with Crippen molar-refractivity contribution >= 4 is 57.9 Å². The summed E-state index contributed by atoms with van der Waals surface area (Å²) in [6.45, 7) is 3.34. The van der Waals surface area contributed by atoms with Gasteiger partial charge in [0.25, 0.3) is 5.91 Å². The first-order valence-corrected chi connectivity index (χ1v) is 9.34. The van der Waals surface area contributed by atoms with E-state index in [0.717, 1.165) is 9.75 Å². The van der Waals surface area contributed by atoms with Gasteiger partial charge in [0.15, 0.2) is 12.4 Å². The molecule has 2 aromatic rings. The Bertz CT molecular complexity index is 848. The molecule has 0 spiro atoms. The van der Waals surface area contributed by atoms with Crippen molar-refractivity contribution in [1.29, 1.82) is 0 Å². The van der Waals surface area contributed by atoms with E-state index in [1.807, 2.05) is 19.9 Å². The number of aryl methyl sites for hydroxylation is 2. The first-order chi connectivity index (χ1) is 12.3. The quantitative estimate of drug-likeness (QED) is 0.521. The van der Waals surface area contributed by atoms with Crippen LogP contribution in [0.1, 0.15) is 33.0 Å². The van der Waals surface area contributed by atoms with E-state index >= 15 is 0 Å². The molecule has 0 aliphatic rings. The van der Waals surface area contributed by atoms with Gasteiger partial charge in [0.05, 0.1) is 17.1 Å². The second-order valence-electron chi connectivity index (χ2n) is 5.58. The number of nitrogens with one attached hydrogen (secondary N) is 1. The number of halogens is 2. The van der Waals surface area contributed by atoms with Crippen LogP contribution in [-0.2, 0) is 14.3 Å². The number of ether oxygens (including phenoxy) is 1. The van der Waals surface area contributed by atoms with E-state index in [9.17, 15) is 14.4 Å². The summed E-state index contributed by atoms with van der Waals surface area (Å²) in [5.74, 6) is -1.25. The predicted molar refractivity (Wildman–Crippen MR) is 103 cm³/mol. The third-order valence-electron chi connectivity index (χ3n) is 3.47. The number of Topliss-reactive ketones (excluding diaryl/α,β-unsaturated/α-hetero) is 1. The third-order valence-corrected chi connectivity index (χ3v) is 4.98. The lowest BCUT2D eigenvalue weighted by Crippen LogP contribution is -2.21. The Hall–Kier alpha value is -1.89. The van der Waals surface area contributed by atoms with Crippen LogP contribution in [0.4, 0.5) is 5.69 Å². The molecule has 0 aliphatic heterocycles. The van der Waals surface area contributed by atoms with E-state index in [2.05, 4.69) is 5.32 Å². The van der Waals surface area contributed by atoms with Crippen LogP contribution in [0.5, 0.6) is 0 Å². The maximum Gasteiger partial charge on any atom is 0.306 e. The number of hydrogen-bond donors (Lipinski definition) is 1. The Kier molecular flexibility index (Phi) is 7.20. The van der Waals surface area contributed by atoms with Gasteiger partial charge in [-0.15, -0.1) is 11.3 Å². The predicted octanol–water partition coefficient (Wildman–Crippen LogP) is 4.82. The zero-order chi connectivity index (χ0) is 19.3. The van der Waals surface area contributed by atoms with E-state index in [1.165, 1.54) is 17.4 Å². The molecule has 0 saturated heterocycles. The molecule has 0 atom stereocenters. The zero-order valence-corrected chi connectivity index (χ0v) is 16.6. The summed E-state index contributed by atoms with van der Waals surface area (Å²) in [5.41, 5.74) is 1.01. The fourth-order valence-corrected chi connectivity index (χ4v) is 3.65. The van der Waals surface area contributed by atoms with Gasteiger partial charge in [0, 0.05) is 26.8 Å². The lowest BCUT2D eigenvalue weighted by Gasteiger charge is -2.08. The monoisotopic (exact) mass is 413 g/mol. The molecule has 0 saturated carbocycles. The van der Waals surface area contributed by atoms with Crippen molar-refractivity contribution in [3.8, 4) is 0 Å². The van der Waals surface area contributed by atoms with Crippen LogP contribution in [0.25, 0.3) is 0 Å². The molecule has 0 bridgehead atoms. The molecular formula is C18H17Cl2NO4S. The Morgan fingerprint density at radius 1 is 1.12 bits per heavy atom. The SMILES string of the molecule is Cc1cc(C(=O)CCC(=O)OCC(=O)Nc2ccc(Cl)cc2Cl)c(C)s1. The van der Waals surface area contributed by atoms with Gasteiger partial charge >= 0.3 is 5.97 Å². The number of ketones is 1. The van der Waals surface area contributed by atoms with Crippen LogP contribution in [0.3, 0.4) is 0 Å². The molecule has 1 amide bonds. The number of hydrogen-bond acceptors (Lipinski definition) is 5. The lowest BCUT2D eigenvalue weighted by molar-refractivity contribution is -0.147. The first kappa shape index (κ1) is 20.4. The van der Waals surface area contributed by atoms with Crippen molar-refractivity contribution in [2.75, 3.05) is 11.9 Å². The molecule has 1 heterocycles. The topological polar surface area (TPSA) is 72.5 Å². The van der Waals surface area contributed by atoms with Crippen LogP contribution < -0.4 is 5.32 Å². The molecule has 2 rings (SSSR count). The highest BCUT2D eigenvalue weighted by Gasteiger charge is 2.15. The van der Waals surface area contributed by atoms with Gasteiger partial charge < -0.3 is 10.1 Å². The second-order valence-corrected chi connectivity index (χ2v) is 7.89. The summed E-state index contributed by atoms with van der Waals surface area (Å²) >= 11 is 13.3. The van der Waals surface area contributed by atoms with Gasteiger partial charge in [-0.3, -0.25) is 14.4 Å². The number of benzene rings is 1. The Labute approximate surface area is 165 Å². The van der Waals surface area contributed by atoms with Gasteiger partial charge in [-0.2, -0.15) is 0 Å². The fourth-order valence-electron chi connectivity index (χ4n) is 2.25. The van der Waals surface area contributed by atoms with Crippen LogP contribution in [0.2, 0.25) is 10.0 Å². The average molecular weight is 414 g/mol. The maximum atomic E-state index is 12.1. The summed E-state index contributed by atoms with van der Waals surface area (Å²) in [6, 6.07) is 6.44. The van der Waals surface area contributed by atoms with Crippen LogP contribution in [0.15, 0.2) is 24.3 Å². The maximum absolute atomic E-state index is 12.1. The number of anilines is 1. The van der Waals surface area contributed by atoms with E-state index in [0.29, 0.717) is 16.3 Å². The first-order valence-electron chi connectivity index (χ1n) is 7.77. The van der Waals surface area contributed by atoms with E-state index in [4.69, 9.17) is 27.9 Å². The van der Waals surface area contributed by atoms with E-state index < -0.39 is 18.5 Å². The number of rotatable bonds is 7. The number of carbonyl (C=O) groups is 3. The largest absolute Gasteiger partial charge is 0.456 e. The third kappa shape index (κ3) is 5.83. The van der Waals surface area contributed by atoms with Crippen molar-refractivity contribution in [3.05, 3.63) is 49.6 Å². The van der Waals surface area contributed by atoms with Gasteiger partial charge in [-0.1, -0.05) is 23.2 Å². The van der Waals surface area contributed by atoms with Crippen molar-refractivity contribution in [3.63, 3.8) is 0 Å². The number of amides is 1. The Morgan fingerprint density at radius 3 is 2.46 bits per heavy atom. The van der Waals surface area contributed by atoms with Crippen molar-refractivity contribution in [1.82, 2.24) is 0 Å². The van der Waals surface area contributed by atoms with Crippen molar-refractivity contribution in [2.45, 2.75) is 26.7 Å². The minimum atomic E-state index is -0.611. The second kappa shape index (κ2) is 9.16. The Balaban J connectivity index is 1.76. The smallest absolute Gasteiger partial charge is 0.306 e. The molecule has 0 aliphatic carbocycles. The normalized spacial score (nSPS) is 10.5. The molecule has 8 heteroatoms. The summed E-state index contributed by atoms with van der Waals surface area (Å²) in [7, 11) is 0. The summed E-state index contributed by atoms with van der Waals surface area (Å²) in [6.07, 6.45) is -0.0391. The molecule has 26 heavy (non-hydrogen) atoms. The molecule has 1 aromatic heterocycles. The number of esters is 1. The summed E-state index contributed by atoms with van der Waals surface area (Å²) in [5, 5.41) is 3.25. The Morgan fingerprint density at radius 2 is 1.85 bits per heavy atom. The minimum absolute atomic E-state index is 0.0421. The standard InChI is InChI=1S/C18H17Cl2NO4S/c1-10-7-13(11(2)26-10)16(22)5-6-18(24)25-9-17(23)21-15-4-3-12(19)8-14(15)20/h3-4,7-8H,5-6,9H2,1-2H3,(H,21,23). The molecule has 1 N–H and O–H groups in total. The number of carbonyl (C=O) groups excluding carboxylic acids is 3. The number of thiophene rings is 1. The van der Waals surface area contributed by atoms with Gasteiger partial charge in [0.2, 0.25) is 0 Å². The average Bonchev–Trinajstić information content (AvgIpc) is 2.92. The highest BCUT2D eigenvalue weighted by molar-refractivity contribution is 7.12. The highest BCUT2D eigenvalue weighted by atomic mass is 35.5. The van der Waals surface area contributed by atoms with Gasteiger partial charge in [-0.05, 0) is 38.1 Å². The minimum Gasteiger partial charge on any atom is -0.456 e. The molecular weight excluding hydrogens is 397 g/mol. The van der Waals surface area contributed by atoms with Crippen LogP contribution in [0, 0.1) is 13.8 Å². The lowest BCUT2D eigenvalue weighted by atomic mass is 10.1. The van der Waals surface area contributed by atoms with E-state index in [-0.39, 0.29) is 23.6 Å². The van der Waals surface area contributed by atoms with Gasteiger partial charge in [0.1, 0.15) is 0 Å². The summed E-state index contributed by atoms with van der Waals surface area (Å²) in [4.78, 5) is 37.7. The molecule has 0 unspecified atom stereocenters. The molecule has 0 fully saturated rings. The van der Waals surface area contributed by atoms with Crippen molar-refractivity contribution in [2.24, 2.45) is 0 Å². The summed E-state index contributed by atoms with van der Waals surface area (Å²) < 4.78 is 4.89.